The Morgan fingerprint density at radius 1 is 1.29 bits per heavy atom. The highest BCUT2D eigenvalue weighted by Crippen LogP contribution is 2.10. The monoisotopic (exact) mass is 188 g/mol. The first-order valence-corrected chi connectivity index (χ1v) is 4.61. The van der Waals surface area contributed by atoms with Crippen molar-refractivity contribution in [1.29, 1.82) is 0 Å². The van der Waals surface area contributed by atoms with Gasteiger partial charge in [0.25, 0.3) is 0 Å². The van der Waals surface area contributed by atoms with E-state index in [1.165, 1.54) is 0 Å². The number of nitrogens with one attached hydrogen (secondary N) is 1. The zero-order valence-corrected chi connectivity index (χ0v) is 8.01. The van der Waals surface area contributed by atoms with Crippen LogP contribution in [0.4, 0.5) is 5.95 Å². The van der Waals surface area contributed by atoms with Crippen molar-refractivity contribution in [3.8, 4) is 5.69 Å². The van der Waals surface area contributed by atoms with Crippen LogP contribution in [0.3, 0.4) is 0 Å². The van der Waals surface area contributed by atoms with Crippen molar-refractivity contribution in [3.63, 3.8) is 0 Å². The number of aromatic nitrogens is 3. The second kappa shape index (κ2) is 3.91. The molecule has 72 valence electrons. The molecule has 0 fully saturated rings. The second-order valence-electron chi connectivity index (χ2n) is 2.86. The Balaban J connectivity index is 2.37. The van der Waals surface area contributed by atoms with Gasteiger partial charge in [-0.05, 0) is 19.1 Å². The number of benzene rings is 1. The molecule has 0 aliphatic carbocycles. The Morgan fingerprint density at radius 2 is 2.07 bits per heavy atom. The average molecular weight is 188 g/mol. The highest BCUT2D eigenvalue weighted by atomic mass is 15.4. The second-order valence-corrected chi connectivity index (χ2v) is 2.86. The maximum absolute atomic E-state index is 4.15. The lowest BCUT2D eigenvalue weighted by atomic mass is 10.3. The van der Waals surface area contributed by atoms with Gasteiger partial charge in [-0.25, -0.2) is 0 Å². The molecule has 1 aromatic carbocycles. The van der Waals surface area contributed by atoms with Gasteiger partial charge in [0.1, 0.15) is 6.33 Å². The number of anilines is 1. The zero-order chi connectivity index (χ0) is 9.80. The number of rotatable bonds is 3. The number of para-hydroxylation sites is 1. The standard InChI is InChI=1S/C10H12N4/c1-2-11-10-12-8-13-14(10)9-6-4-3-5-7-9/h3-8H,2H2,1H3,(H,11,12,13). The fraction of sp³-hybridized carbons (Fsp3) is 0.200. The van der Waals surface area contributed by atoms with E-state index >= 15 is 0 Å². The first-order valence-electron chi connectivity index (χ1n) is 4.61. The Labute approximate surface area is 82.6 Å². The minimum Gasteiger partial charge on any atom is -0.354 e. The van der Waals surface area contributed by atoms with Crippen molar-refractivity contribution in [2.75, 3.05) is 11.9 Å². The summed E-state index contributed by atoms with van der Waals surface area (Å²) >= 11 is 0. The van der Waals surface area contributed by atoms with Gasteiger partial charge in [0.15, 0.2) is 0 Å². The number of hydrogen-bond acceptors (Lipinski definition) is 3. The minimum absolute atomic E-state index is 0.777. The van der Waals surface area contributed by atoms with E-state index in [9.17, 15) is 0 Å². The van der Waals surface area contributed by atoms with E-state index in [-0.39, 0.29) is 0 Å². The van der Waals surface area contributed by atoms with Gasteiger partial charge in [-0.1, -0.05) is 18.2 Å². The smallest absolute Gasteiger partial charge is 0.225 e. The largest absolute Gasteiger partial charge is 0.354 e. The van der Waals surface area contributed by atoms with Crippen LogP contribution in [0, 0.1) is 0 Å². The van der Waals surface area contributed by atoms with E-state index in [2.05, 4.69) is 15.4 Å². The van der Waals surface area contributed by atoms with E-state index in [1.54, 1.807) is 11.0 Å². The molecule has 4 nitrogen and oxygen atoms in total. The molecule has 0 unspecified atom stereocenters. The molecule has 2 rings (SSSR count). The van der Waals surface area contributed by atoms with Gasteiger partial charge in [0.2, 0.25) is 5.95 Å². The van der Waals surface area contributed by atoms with Gasteiger partial charge < -0.3 is 5.32 Å². The SMILES string of the molecule is CCNc1ncnn1-c1ccccc1. The highest BCUT2D eigenvalue weighted by molar-refractivity contribution is 5.38. The molecule has 0 bridgehead atoms. The Hall–Kier alpha value is -1.84. The topological polar surface area (TPSA) is 42.7 Å². The molecule has 1 heterocycles. The van der Waals surface area contributed by atoms with Crippen LogP contribution < -0.4 is 5.32 Å². The summed E-state index contributed by atoms with van der Waals surface area (Å²) < 4.78 is 1.78. The molecule has 0 saturated carbocycles. The summed E-state index contributed by atoms with van der Waals surface area (Å²) in [5.74, 6) is 0.777. The van der Waals surface area contributed by atoms with E-state index in [1.807, 2.05) is 37.3 Å². The summed E-state index contributed by atoms with van der Waals surface area (Å²) in [4.78, 5) is 4.12. The average Bonchev–Trinajstić information content (AvgIpc) is 2.68. The molecule has 4 heteroatoms. The Kier molecular flexibility index (Phi) is 2.44. The van der Waals surface area contributed by atoms with Gasteiger partial charge in [0.05, 0.1) is 5.69 Å². The van der Waals surface area contributed by atoms with E-state index in [4.69, 9.17) is 0 Å². The van der Waals surface area contributed by atoms with Crippen molar-refractivity contribution in [1.82, 2.24) is 14.8 Å². The van der Waals surface area contributed by atoms with Crippen molar-refractivity contribution in [3.05, 3.63) is 36.7 Å². The Bertz CT molecular complexity index is 394. The third-order valence-electron chi connectivity index (χ3n) is 1.88. The highest BCUT2D eigenvalue weighted by Gasteiger charge is 2.03. The maximum atomic E-state index is 4.15. The van der Waals surface area contributed by atoms with E-state index in [0.29, 0.717) is 0 Å². The van der Waals surface area contributed by atoms with E-state index in [0.717, 1.165) is 18.2 Å². The molecule has 1 aromatic heterocycles. The molecule has 0 amide bonds. The minimum atomic E-state index is 0.777. The van der Waals surface area contributed by atoms with Crippen LogP contribution in [0.15, 0.2) is 36.7 Å². The quantitative estimate of drug-likeness (QED) is 0.797. The molecule has 0 saturated heterocycles. The number of hydrogen-bond donors (Lipinski definition) is 1. The summed E-state index contributed by atoms with van der Waals surface area (Å²) in [7, 11) is 0. The summed E-state index contributed by atoms with van der Waals surface area (Å²) in [6.45, 7) is 2.87. The van der Waals surface area contributed by atoms with Crippen molar-refractivity contribution in [2.24, 2.45) is 0 Å². The molecule has 0 aliphatic heterocycles. The molecule has 0 radical (unpaired) electrons. The molecule has 2 aromatic rings. The van der Waals surface area contributed by atoms with Gasteiger partial charge in [0, 0.05) is 6.54 Å². The summed E-state index contributed by atoms with van der Waals surface area (Å²) in [5, 5.41) is 7.29. The van der Waals surface area contributed by atoms with E-state index < -0.39 is 0 Å². The van der Waals surface area contributed by atoms with Crippen LogP contribution in [0.2, 0.25) is 0 Å². The lowest BCUT2D eigenvalue weighted by Gasteiger charge is -2.05. The van der Waals surface area contributed by atoms with Crippen molar-refractivity contribution >= 4 is 5.95 Å². The lowest BCUT2D eigenvalue weighted by molar-refractivity contribution is 0.877. The molecule has 0 atom stereocenters. The molecular weight excluding hydrogens is 176 g/mol. The van der Waals surface area contributed by atoms with Crippen LogP contribution in [-0.4, -0.2) is 21.3 Å². The fourth-order valence-electron chi connectivity index (χ4n) is 1.28. The van der Waals surface area contributed by atoms with Crippen LogP contribution in [0.1, 0.15) is 6.92 Å². The van der Waals surface area contributed by atoms with Crippen LogP contribution in [0.5, 0.6) is 0 Å². The first kappa shape index (κ1) is 8.74. The van der Waals surface area contributed by atoms with Crippen molar-refractivity contribution < 1.29 is 0 Å². The fourth-order valence-corrected chi connectivity index (χ4v) is 1.28. The molecule has 1 N–H and O–H groups in total. The third kappa shape index (κ3) is 1.59. The Morgan fingerprint density at radius 3 is 2.79 bits per heavy atom. The maximum Gasteiger partial charge on any atom is 0.225 e. The molecule has 0 aliphatic rings. The number of nitrogens with zero attached hydrogens (tertiary/aromatic N) is 3. The zero-order valence-electron chi connectivity index (χ0n) is 8.01. The van der Waals surface area contributed by atoms with Gasteiger partial charge in [-0.2, -0.15) is 14.8 Å². The lowest BCUT2D eigenvalue weighted by Crippen LogP contribution is -2.06. The summed E-state index contributed by atoms with van der Waals surface area (Å²) in [6, 6.07) is 9.93. The predicted octanol–water partition coefficient (Wildman–Crippen LogP) is 1.70. The van der Waals surface area contributed by atoms with Crippen LogP contribution in [0.25, 0.3) is 5.69 Å². The first-order chi connectivity index (χ1) is 6.92. The normalized spacial score (nSPS) is 10.1. The third-order valence-corrected chi connectivity index (χ3v) is 1.88. The molecular formula is C10H12N4. The van der Waals surface area contributed by atoms with Gasteiger partial charge >= 0.3 is 0 Å². The molecule has 0 spiro atoms. The predicted molar refractivity (Wildman–Crippen MR) is 55.5 cm³/mol. The summed E-state index contributed by atoms with van der Waals surface area (Å²) in [5.41, 5.74) is 1.01. The van der Waals surface area contributed by atoms with Crippen LogP contribution in [-0.2, 0) is 0 Å². The van der Waals surface area contributed by atoms with Crippen LogP contribution >= 0.6 is 0 Å². The van der Waals surface area contributed by atoms with Crippen molar-refractivity contribution in [2.45, 2.75) is 6.92 Å². The van der Waals surface area contributed by atoms with Gasteiger partial charge in [-0.3, -0.25) is 0 Å². The van der Waals surface area contributed by atoms with Gasteiger partial charge in [-0.15, -0.1) is 0 Å². The molecule has 14 heavy (non-hydrogen) atoms. The summed E-state index contributed by atoms with van der Waals surface area (Å²) in [6.07, 6.45) is 1.55.